The van der Waals surface area contributed by atoms with Crippen LogP contribution in [0.4, 0.5) is 10.5 Å². The fourth-order valence-electron chi connectivity index (χ4n) is 4.10. The highest BCUT2D eigenvalue weighted by Gasteiger charge is 2.50. The number of nitrogens with one attached hydrogen (secondary N) is 1. The molecule has 1 aromatic carbocycles. The fourth-order valence-corrected chi connectivity index (χ4v) is 4.10. The number of fused-ring (bicyclic) bond motifs is 2. The number of piperazine rings is 1. The van der Waals surface area contributed by atoms with E-state index in [-0.39, 0.29) is 17.5 Å². The number of aryl methyl sites for hydroxylation is 1. The van der Waals surface area contributed by atoms with E-state index >= 15 is 0 Å². The van der Waals surface area contributed by atoms with Gasteiger partial charge in [-0.05, 0) is 30.9 Å². The van der Waals surface area contributed by atoms with Crippen LogP contribution in [-0.2, 0) is 11.2 Å². The third kappa shape index (κ3) is 2.24. The van der Waals surface area contributed by atoms with Crippen molar-refractivity contribution < 1.29 is 14.3 Å². The van der Waals surface area contributed by atoms with E-state index in [0.29, 0.717) is 26.2 Å². The van der Waals surface area contributed by atoms with Crippen LogP contribution in [0.1, 0.15) is 35.7 Å². The van der Waals surface area contributed by atoms with Gasteiger partial charge in [0.1, 0.15) is 6.61 Å². The van der Waals surface area contributed by atoms with Crippen LogP contribution in [0.5, 0.6) is 0 Å². The number of para-hydroxylation sites is 1. The number of carbonyl (C=O) groups is 2. The summed E-state index contributed by atoms with van der Waals surface area (Å²) in [5, 5.41) is 3.39. The quantitative estimate of drug-likeness (QED) is 0.903. The highest BCUT2D eigenvalue weighted by molar-refractivity contribution is 6.00. The summed E-state index contributed by atoms with van der Waals surface area (Å²) >= 11 is 0. The third-order valence-electron chi connectivity index (χ3n) is 5.59. The van der Waals surface area contributed by atoms with Crippen molar-refractivity contribution in [3.63, 3.8) is 0 Å². The Morgan fingerprint density at radius 1 is 1.38 bits per heavy atom. The molecule has 0 spiro atoms. The van der Waals surface area contributed by atoms with Crippen molar-refractivity contribution in [3.8, 4) is 0 Å². The number of amides is 2. The Balaban J connectivity index is 1.61. The van der Waals surface area contributed by atoms with Crippen LogP contribution in [0.2, 0.25) is 0 Å². The molecule has 3 aliphatic rings. The van der Waals surface area contributed by atoms with Gasteiger partial charge in [0.05, 0.1) is 16.8 Å². The van der Waals surface area contributed by atoms with Crippen molar-refractivity contribution in [3.05, 3.63) is 29.3 Å². The maximum atomic E-state index is 13.1. The number of hydrogen-bond acceptors (Lipinski definition) is 4. The van der Waals surface area contributed by atoms with Gasteiger partial charge in [-0.2, -0.15) is 0 Å². The van der Waals surface area contributed by atoms with E-state index in [1.165, 1.54) is 5.56 Å². The summed E-state index contributed by atoms with van der Waals surface area (Å²) in [6, 6.07) is 5.96. The van der Waals surface area contributed by atoms with Crippen LogP contribution in [0.15, 0.2) is 18.2 Å². The van der Waals surface area contributed by atoms with E-state index in [4.69, 9.17) is 4.74 Å². The van der Waals surface area contributed by atoms with Gasteiger partial charge < -0.3 is 15.0 Å². The van der Waals surface area contributed by atoms with Gasteiger partial charge in [-0.1, -0.05) is 19.1 Å². The normalized spacial score (nSPS) is 25.6. The molecule has 0 aliphatic carbocycles. The van der Waals surface area contributed by atoms with E-state index < -0.39 is 0 Å². The minimum atomic E-state index is -0.368. The summed E-state index contributed by atoms with van der Waals surface area (Å²) in [6.45, 7) is 4.97. The van der Waals surface area contributed by atoms with Crippen LogP contribution in [0, 0.1) is 0 Å². The predicted molar refractivity (Wildman–Crippen MR) is 90.2 cm³/mol. The molecule has 0 bridgehead atoms. The Morgan fingerprint density at radius 3 is 3.08 bits per heavy atom. The Bertz CT molecular complexity index is 690. The topological polar surface area (TPSA) is 61.9 Å². The minimum absolute atomic E-state index is 0.0491. The van der Waals surface area contributed by atoms with Crippen molar-refractivity contribution in [2.45, 2.75) is 31.7 Å². The fraction of sp³-hybridized carbons (Fsp3) is 0.556. The molecule has 1 unspecified atom stereocenters. The highest BCUT2D eigenvalue weighted by Crippen LogP contribution is 2.33. The summed E-state index contributed by atoms with van der Waals surface area (Å²) in [5.74, 6) is 0.0491. The average molecular weight is 329 g/mol. The van der Waals surface area contributed by atoms with Gasteiger partial charge in [-0.15, -0.1) is 0 Å². The van der Waals surface area contributed by atoms with Gasteiger partial charge >= 0.3 is 6.09 Å². The summed E-state index contributed by atoms with van der Waals surface area (Å²) < 4.78 is 5.26. The molecule has 2 amide bonds. The van der Waals surface area contributed by atoms with E-state index in [9.17, 15) is 9.59 Å². The van der Waals surface area contributed by atoms with Gasteiger partial charge in [-0.3, -0.25) is 9.69 Å². The lowest BCUT2D eigenvalue weighted by Crippen LogP contribution is -2.62. The third-order valence-corrected chi connectivity index (χ3v) is 5.59. The van der Waals surface area contributed by atoms with Crippen molar-refractivity contribution in [2.24, 2.45) is 0 Å². The average Bonchev–Trinajstić information content (AvgIpc) is 2.97. The van der Waals surface area contributed by atoms with E-state index in [2.05, 4.69) is 18.3 Å². The smallest absolute Gasteiger partial charge is 0.410 e. The van der Waals surface area contributed by atoms with Crippen LogP contribution in [0.3, 0.4) is 0 Å². The molecule has 128 valence electrons. The summed E-state index contributed by atoms with van der Waals surface area (Å²) in [4.78, 5) is 28.7. The molecule has 1 atom stereocenters. The van der Waals surface area contributed by atoms with Crippen LogP contribution in [0.25, 0.3) is 0 Å². The first kappa shape index (κ1) is 15.3. The van der Waals surface area contributed by atoms with Crippen molar-refractivity contribution in [2.75, 3.05) is 38.1 Å². The Morgan fingerprint density at radius 2 is 2.25 bits per heavy atom. The molecular weight excluding hydrogens is 306 g/mol. The Hall–Kier alpha value is -2.24. The lowest BCUT2D eigenvalue weighted by Gasteiger charge is -2.44. The number of carbonyl (C=O) groups excluding carboxylic acids is 2. The van der Waals surface area contributed by atoms with Gasteiger partial charge in [0, 0.05) is 26.2 Å². The van der Waals surface area contributed by atoms with Crippen molar-refractivity contribution >= 4 is 17.7 Å². The first-order chi connectivity index (χ1) is 11.6. The number of cyclic esters (lactones) is 1. The second kappa shape index (κ2) is 5.69. The van der Waals surface area contributed by atoms with Crippen LogP contribution in [-0.4, -0.2) is 60.1 Å². The summed E-state index contributed by atoms with van der Waals surface area (Å²) in [5.41, 5.74) is 2.58. The molecule has 2 fully saturated rings. The van der Waals surface area contributed by atoms with Crippen molar-refractivity contribution in [1.82, 2.24) is 9.80 Å². The number of benzene rings is 1. The zero-order chi connectivity index (χ0) is 16.7. The first-order valence-electron chi connectivity index (χ1n) is 8.74. The molecular formula is C18H23N3O3. The second-order valence-electron chi connectivity index (χ2n) is 6.88. The second-order valence-corrected chi connectivity index (χ2v) is 6.88. The minimum Gasteiger partial charge on any atom is -0.447 e. The number of rotatable bonds is 2. The zero-order valence-corrected chi connectivity index (χ0v) is 14.0. The molecule has 1 N–H and O–H groups in total. The SMILES string of the molecule is CCC12COC(=O)N1CCN(C(=O)c1cccc3c1NCCC3)C2. The molecule has 3 heterocycles. The highest BCUT2D eigenvalue weighted by atomic mass is 16.6. The molecule has 6 heteroatoms. The maximum absolute atomic E-state index is 13.1. The lowest BCUT2D eigenvalue weighted by atomic mass is 9.92. The largest absolute Gasteiger partial charge is 0.447 e. The van der Waals surface area contributed by atoms with Gasteiger partial charge in [0.2, 0.25) is 0 Å². The number of anilines is 1. The molecule has 2 saturated heterocycles. The molecule has 1 aromatic rings. The van der Waals surface area contributed by atoms with Crippen molar-refractivity contribution in [1.29, 1.82) is 0 Å². The molecule has 0 aromatic heterocycles. The van der Waals surface area contributed by atoms with Crippen LogP contribution < -0.4 is 5.32 Å². The number of ether oxygens (including phenoxy) is 1. The zero-order valence-electron chi connectivity index (χ0n) is 14.0. The monoisotopic (exact) mass is 329 g/mol. The predicted octanol–water partition coefficient (Wildman–Crippen LogP) is 2.10. The lowest BCUT2D eigenvalue weighted by molar-refractivity contribution is 0.0362. The standard InChI is InChI=1S/C18H23N3O3/c1-2-18-11-20(9-10-21(18)17(23)24-12-18)16(22)14-7-3-5-13-6-4-8-19-15(13)14/h3,5,7,19H,2,4,6,8-12H2,1H3. The summed E-state index contributed by atoms with van der Waals surface area (Å²) in [6.07, 6.45) is 2.65. The number of hydrogen-bond donors (Lipinski definition) is 1. The molecule has 0 saturated carbocycles. The van der Waals surface area contributed by atoms with Gasteiger partial charge in [0.25, 0.3) is 5.91 Å². The van der Waals surface area contributed by atoms with E-state index in [1.807, 2.05) is 17.0 Å². The van der Waals surface area contributed by atoms with E-state index in [0.717, 1.165) is 37.1 Å². The van der Waals surface area contributed by atoms with E-state index in [1.54, 1.807) is 4.90 Å². The molecule has 3 aliphatic heterocycles. The summed E-state index contributed by atoms with van der Waals surface area (Å²) in [7, 11) is 0. The Labute approximate surface area is 141 Å². The van der Waals surface area contributed by atoms with Gasteiger partial charge in [-0.25, -0.2) is 4.79 Å². The molecule has 24 heavy (non-hydrogen) atoms. The molecule has 4 rings (SSSR count). The first-order valence-corrected chi connectivity index (χ1v) is 8.74. The maximum Gasteiger partial charge on any atom is 0.410 e. The number of nitrogens with zero attached hydrogens (tertiary/aromatic N) is 2. The Kier molecular flexibility index (Phi) is 3.62. The molecule has 6 nitrogen and oxygen atoms in total. The molecule has 0 radical (unpaired) electrons. The van der Waals surface area contributed by atoms with Crippen LogP contribution >= 0.6 is 0 Å². The van der Waals surface area contributed by atoms with Gasteiger partial charge in [0.15, 0.2) is 0 Å².